The minimum Gasteiger partial charge on any atom is -0.453 e. The van der Waals surface area contributed by atoms with Crippen molar-refractivity contribution in [2.45, 2.75) is 18.9 Å². The monoisotopic (exact) mass is 341 g/mol. The highest BCUT2D eigenvalue weighted by Gasteiger charge is 2.20. The molecule has 0 unspecified atom stereocenters. The third-order valence-electron chi connectivity index (χ3n) is 3.47. The van der Waals surface area contributed by atoms with Crippen LogP contribution in [0.1, 0.15) is 12.8 Å². The van der Waals surface area contributed by atoms with Gasteiger partial charge in [-0.05, 0) is 12.8 Å². The van der Waals surface area contributed by atoms with Crippen LogP contribution < -0.4 is 15.8 Å². The van der Waals surface area contributed by atoms with E-state index < -0.39 is 12.2 Å². The molecular formula is C13H19N5O6. The summed E-state index contributed by atoms with van der Waals surface area (Å²) in [7, 11) is 2.31. The Labute approximate surface area is 137 Å². The highest BCUT2D eigenvalue weighted by molar-refractivity contribution is 5.83. The van der Waals surface area contributed by atoms with Gasteiger partial charge in [0.05, 0.1) is 20.3 Å². The van der Waals surface area contributed by atoms with Gasteiger partial charge in [-0.1, -0.05) is 0 Å². The van der Waals surface area contributed by atoms with E-state index in [1.165, 1.54) is 13.2 Å². The third-order valence-corrected chi connectivity index (χ3v) is 3.47. The van der Waals surface area contributed by atoms with Gasteiger partial charge in [0, 0.05) is 19.2 Å². The lowest BCUT2D eigenvalue weighted by atomic mass is 10.1. The standard InChI is InChI=1S/C13H19N5O6/c1-23-12(20)15-10-7-9(17-5-3-8(19)4-6-17)14-11(18(10)22)16-13(21)24-2/h7-8,19,22H,3-6H2,1-2H3,(H,15,20)/b16-11+. The second-order valence-electron chi connectivity index (χ2n) is 5.03. The molecule has 2 heterocycles. The fourth-order valence-electron chi connectivity index (χ4n) is 2.17. The Morgan fingerprint density at radius 2 is 2.00 bits per heavy atom. The first-order valence-corrected chi connectivity index (χ1v) is 7.18. The van der Waals surface area contributed by atoms with Gasteiger partial charge in [-0.25, -0.2) is 9.59 Å². The Morgan fingerprint density at radius 1 is 1.33 bits per heavy atom. The fraction of sp³-hybridized carbons (Fsp3) is 0.538. The Balaban J connectivity index is 2.44. The zero-order valence-electron chi connectivity index (χ0n) is 13.3. The first-order chi connectivity index (χ1) is 11.4. The van der Waals surface area contributed by atoms with Crippen molar-refractivity contribution in [1.29, 1.82) is 0 Å². The van der Waals surface area contributed by atoms with Gasteiger partial charge in [-0.15, -0.1) is 9.72 Å². The number of aliphatic hydroxyl groups is 1. The minimum atomic E-state index is -0.958. The van der Waals surface area contributed by atoms with E-state index in [9.17, 15) is 19.9 Å². The number of aromatic nitrogens is 2. The molecule has 0 spiro atoms. The lowest BCUT2D eigenvalue weighted by molar-refractivity contribution is 0.144. The minimum absolute atomic E-state index is 0.0828. The molecular weight excluding hydrogens is 322 g/mol. The zero-order chi connectivity index (χ0) is 17.7. The van der Waals surface area contributed by atoms with Crippen LogP contribution in [-0.4, -0.2) is 65.6 Å². The summed E-state index contributed by atoms with van der Waals surface area (Å²) < 4.78 is 9.35. The zero-order valence-corrected chi connectivity index (χ0v) is 13.3. The van der Waals surface area contributed by atoms with Crippen LogP contribution in [0.5, 0.6) is 0 Å². The molecule has 0 radical (unpaired) electrons. The average Bonchev–Trinajstić information content (AvgIpc) is 2.58. The summed E-state index contributed by atoms with van der Waals surface area (Å²) in [4.78, 5) is 32.2. The van der Waals surface area contributed by atoms with Gasteiger partial charge in [0.2, 0.25) is 0 Å². The van der Waals surface area contributed by atoms with E-state index in [2.05, 4.69) is 24.8 Å². The number of hydrogen-bond donors (Lipinski definition) is 3. The molecule has 1 aliphatic heterocycles. The molecule has 1 aromatic rings. The first kappa shape index (κ1) is 17.5. The molecule has 1 aliphatic rings. The predicted molar refractivity (Wildman–Crippen MR) is 80.9 cm³/mol. The number of anilines is 2. The van der Waals surface area contributed by atoms with Gasteiger partial charge >= 0.3 is 12.2 Å². The number of nitrogens with zero attached hydrogens (tertiary/aromatic N) is 4. The van der Waals surface area contributed by atoms with Crippen molar-refractivity contribution < 1.29 is 29.4 Å². The van der Waals surface area contributed by atoms with Crippen LogP contribution in [0.2, 0.25) is 0 Å². The van der Waals surface area contributed by atoms with Crippen LogP contribution in [-0.2, 0) is 9.47 Å². The highest BCUT2D eigenvalue weighted by atomic mass is 16.5. The van der Waals surface area contributed by atoms with Gasteiger partial charge in [0.15, 0.2) is 5.82 Å². The summed E-state index contributed by atoms with van der Waals surface area (Å²) in [6.07, 6.45) is -1.04. The van der Waals surface area contributed by atoms with E-state index >= 15 is 0 Å². The van der Waals surface area contributed by atoms with Crippen LogP contribution in [0.25, 0.3) is 0 Å². The number of piperidine rings is 1. The summed E-state index contributed by atoms with van der Waals surface area (Å²) in [6, 6.07) is 1.41. The molecule has 0 aromatic carbocycles. The van der Waals surface area contributed by atoms with Crippen molar-refractivity contribution in [2.75, 3.05) is 37.5 Å². The highest BCUT2D eigenvalue weighted by Crippen LogP contribution is 2.19. The topological polar surface area (TPSA) is 139 Å². The van der Waals surface area contributed by atoms with Gasteiger partial charge in [-0.2, -0.15) is 4.98 Å². The van der Waals surface area contributed by atoms with Crippen molar-refractivity contribution in [1.82, 2.24) is 9.71 Å². The smallest absolute Gasteiger partial charge is 0.436 e. The Bertz CT molecular complexity index is 680. The summed E-state index contributed by atoms with van der Waals surface area (Å²) in [5, 5.41) is 22.0. The number of aliphatic hydroxyl groups excluding tert-OH is 1. The Hall–Kier alpha value is -2.82. The number of hydrogen-bond acceptors (Lipinski definition) is 8. The van der Waals surface area contributed by atoms with Gasteiger partial charge in [0.25, 0.3) is 5.62 Å². The van der Waals surface area contributed by atoms with Gasteiger partial charge in [-0.3, -0.25) is 5.32 Å². The number of carbonyl (C=O) groups excluding carboxylic acids is 2. The molecule has 2 amide bonds. The Kier molecular flexibility index (Phi) is 5.58. The van der Waals surface area contributed by atoms with Crippen molar-refractivity contribution in [2.24, 2.45) is 4.99 Å². The number of ether oxygens (including phenoxy) is 2. The average molecular weight is 341 g/mol. The van der Waals surface area contributed by atoms with E-state index in [4.69, 9.17) is 0 Å². The molecule has 24 heavy (non-hydrogen) atoms. The molecule has 0 aliphatic carbocycles. The summed E-state index contributed by atoms with van der Waals surface area (Å²) in [5.74, 6) is 0.293. The molecule has 3 N–H and O–H groups in total. The molecule has 0 saturated carbocycles. The maximum atomic E-state index is 11.4. The molecule has 1 saturated heterocycles. The van der Waals surface area contributed by atoms with Crippen LogP contribution in [0, 0.1) is 0 Å². The molecule has 1 fully saturated rings. The molecule has 2 rings (SSSR count). The van der Waals surface area contributed by atoms with Crippen LogP contribution in [0.4, 0.5) is 21.2 Å². The summed E-state index contributed by atoms with van der Waals surface area (Å²) in [6.45, 7) is 1.05. The van der Waals surface area contributed by atoms with Crippen molar-refractivity contribution >= 4 is 23.8 Å². The fourth-order valence-corrected chi connectivity index (χ4v) is 2.17. The van der Waals surface area contributed by atoms with E-state index in [1.807, 2.05) is 4.90 Å². The molecule has 11 nitrogen and oxygen atoms in total. The van der Waals surface area contributed by atoms with E-state index in [-0.39, 0.29) is 17.5 Å². The number of nitrogens with one attached hydrogen (secondary N) is 1. The van der Waals surface area contributed by atoms with Crippen molar-refractivity contribution in [3.05, 3.63) is 11.7 Å². The van der Waals surface area contributed by atoms with Crippen LogP contribution in [0.3, 0.4) is 0 Å². The van der Waals surface area contributed by atoms with E-state index in [0.29, 0.717) is 36.5 Å². The Morgan fingerprint density at radius 3 is 2.58 bits per heavy atom. The maximum absolute atomic E-state index is 11.4. The van der Waals surface area contributed by atoms with Gasteiger partial charge in [0.1, 0.15) is 5.82 Å². The molecule has 0 atom stereocenters. The van der Waals surface area contributed by atoms with Gasteiger partial charge < -0.3 is 24.7 Å². The third kappa shape index (κ3) is 4.13. The van der Waals surface area contributed by atoms with Crippen LogP contribution in [0.15, 0.2) is 11.1 Å². The molecule has 1 aromatic heterocycles. The van der Waals surface area contributed by atoms with Crippen molar-refractivity contribution in [3.63, 3.8) is 0 Å². The van der Waals surface area contributed by atoms with Crippen molar-refractivity contribution in [3.8, 4) is 0 Å². The van der Waals surface area contributed by atoms with Crippen LogP contribution >= 0.6 is 0 Å². The summed E-state index contributed by atoms with van der Waals surface area (Å²) in [5.41, 5.74) is -0.364. The quantitative estimate of drug-likeness (QED) is 0.635. The van der Waals surface area contributed by atoms with E-state index in [1.54, 1.807) is 0 Å². The largest absolute Gasteiger partial charge is 0.453 e. The van der Waals surface area contributed by atoms with E-state index in [0.717, 1.165) is 7.11 Å². The number of methoxy groups -OCH3 is 2. The first-order valence-electron chi connectivity index (χ1n) is 7.18. The second-order valence-corrected chi connectivity index (χ2v) is 5.03. The second kappa shape index (κ2) is 7.64. The SMILES string of the molecule is COC(=O)/N=c1\nc(N2CCC(O)CC2)cc(NC(=O)OC)n1O. The number of amides is 2. The number of rotatable bonds is 2. The number of carbonyl (C=O) groups is 2. The normalized spacial score (nSPS) is 16.0. The molecule has 132 valence electrons. The lowest BCUT2D eigenvalue weighted by Gasteiger charge is -2.30. The molecule has 0 bridgehead atoms. The molecule has 11 heteroatoms. The predicted octanol–water partition coefficient (Wildman–Crippen LogP) is -0.0731. The lowest BCUT2D eigenvalue weighted by Crippen LogP contribution is -2.38. The maximum Gasteiger partial charge on any atom is 0.436 e. The summed E-state index contributed by atoms with van der Waals surface area (Å²) >= 11 is 0.